The van der Waals surface area contributed by atoms with Gasteiger partial charge in [0, 0.05) is 0 Å². The van der Waals surface area contributed by atoms with Gasteiger partial charge in [-0.3, -0.25) is 0 Å². The van der Waals surface area contributed by atoms with Crippen molar-refractivity contribution in [1.29, 1.82) is 0 Å². The summed E-state index contributed by atoms with van der Waals surface area (Å²) < 4.78 is 21.0. The Morgan fingerprint density at radius 1 is 0.471 bits per heavy atom. The third kappa shape index (κ3) is 7.90. The molecule has 0 N–H and O–H groups in total. The maximum Gasteiger partial charge on any atom is 0.333 e. The lowest BCUT2D eigenvalue weighted by Gasteiger charge is -2.43. The van der Waals surface area contributed by atoms with Crippen LogP contribution in [0.4, 0.5) is 0 Å². The second kappa shape index (κ2) is 13.2. The molecule has 3 fully saturated rings. The van der Waals surface area contributed by atoms with Gasteiger partial charge in [0.1, 0.15) is 0 Å². The van der Waals surface area contributed by atoms with Gasteiger partial charge in [0.15, 0.2) is 0 Å². The highest BCUT2D eigenvalue weighted by molar-refractivity contribution is 7.41. The minimum Gasteiger partial charge on any atom is -0.309 e. The molecule has 200 valence electrons. The average molecular weight is 497 g/mol. The zero-order valence-electron chi connectivity index (χ0n) is 24.0. The van der Waals surface area contributed by atoms with Gasteiger partial charge in [0.05, 0.1) is 18.3 Å². The molecule has 3 saturated carbocycles. The van der Waals surface area contributed by atoms with Crippen molar-refractivity contribution in [3.8, 4) is 0 Å². The van der Waals surface area contributed by atoms with Crippen molar-refractivity contribution >= 4 is 8.60 Å². The molecule has 3 aliphatic carbocycles. The van der Waals surface area contributed by atoms with Crippen LogP contribution in [0, 0.1) is 53.3 Å². The third-order valence-corrected chi connectivity index (χ3v) is 10.9. The SMILES string of the molecule is CC1CCC(C(C)C)C(OP(OC2CC(C)CCC2C(C)C)OC2CC(C)CCC2C(C)C)C1. The molecular formula is C30H57O3P. The first-order valence-corrected chi connectivity index (χ1v) is 15.9. The van der Waals surface area contributed by atoms with Crippen molar-refractivity contribution in [2.24, 2.45) is 53.3 Å². The van der Waals surface area contributed by atoms with Crippen LogP contribution in [0.1, 0.15) is 120 Å². The Morgan fingerprint density at radius 3 is 0.971 bits per heavy atom. The molecule has 0 aromatic carbocycles. The summed E-state index contributed by atoms with van der Waals surface area (Å²) in [5, 5.41) is 0. The first-order chi connectivity index (χ1) is 16.0. The van der Waals surface area contributed by atoms with E-state index < -0.39 is 8.60 Å². The summed E-state index contributed by atoms with van der Waals surface area (Å²) >= 11 is 0. The summed E-state index contributed by atoms with van der Waals surface area (Å²) in [6.45, 7) is 21.4. The van der Waals surface area contributed by atoms with Crippen LogP contribution in [0.3, 0.4) is 0 Å². The summed E-state index contributed by atoms with van der Waals surface area (Å²) in [7, 11) is -1.34. The van der Waals surface area contributed by atoms with Crippen molar-refractivity contribution in [2.75, 3.05) is 0 Å². The highest BCUT2D eigenvalue weighted by atomic mass is 31.2. The normalized spacial score (nSPS) is 40.8. The van der Waals surface area contributed by atoms with Crippen LogP contribution in [0.5, 0.6) is 0 Å². The summed E-state index contributed by atoms with van der Waals surface area (Å²) in [6.07, 6.45) is 12.1. The summed E-state index contributed by atoms with van der Waals surface area (Å²) in [4.78, 5) is 0. The van der Waals surface area contributed by atoms with Crippen LogP contribution in [0.2, 0.25) is 0 Å². The van der Waals surface area contributed by atoms with Crippen LogP contribution >= 0.6 is 8.60 Å². The Hall–Kier alpha value is 0.310. The molecule has 9 unspecified atom stereocenters. The molecule has 34 heavy (non-hydrogen) atoms. The fourth-order valence-corrected chi connectivity index (χ4v) is 8.65. The van der Waals surface area contributed by atoms with E-state index in [4.69, 9.17) is 13.6 Å². The molecule has 0 aromatic heterocycles. The molecule has 3 rings (SSSR count). The Kier molecular flexibility index (Phi) is 11.2. The molecular weight excluding hydrogens is 439 g/mol. The fourth-order valence-electron chi connectivity index (χ4n) is 7.11. The van der Waals surface area contributed by atoms with Crippen molar-refractivity contribution in [2.45, 2.75) is 138 Å². The molecule has 3 nitrogen and oxygen atoms in total. The number of hydrogen-bond donors (Lipinski definition) is 0. The Balaban J connectivity index is 1.81. The van der Waals surface area contributed by atoms with E-state index in [0.29, 0.717) is 35.5 Å². The second-order valence-corrected chi connectivity index (χ2v) is 14.7. The maximum atomic E-state index is 6.99. The van der Waals surface area contributed by atoms with Crippen molar-refractivity contribution in [3.05, 3.63) is 0 Å². The predicted octanol–water partition coefficient (Wildman–Crippen LogP) is 9.65. The molecule has 9 atom stereocenters. The highest BCUT2D eigenvalue weighted by Crippen LogP contribution is 2.54. The standard InChI is InChI=1S/C30H57O3P/c1-19(2)25-13-10-22(7)16-28(25)31-34(32-29-17-23(8)11-14-26(29)20(3)4)33-30-18-24(9)12-15-27(30)21(5)6/h19-30H,10-18H2,1-9H3. The molecule has 0 amide bonds. The van der Waals surface area contributed by atoms with Crippen LogP contribution in [-0.2, 0) is 13.6 Å². The molecule has 0 radical (unpaired) electrons. The van der Waals surface area contributed by atoms with E-state index in [-0.39, 0.29) is 18.3 Å². The van der Waals surface area contributed by atoms with Crippen molar-refractivity contribution in [1.82, 2.24) is 0 Å². The Bertz CT molecular complexity index is 513. The van der Waals surface area contributed by atoms with E-state index in [1.165, 1.54) is 38.5 Å². The highest BCUT2D eigenvalue weighted by Gasteiger charge is 2.41. The van der Waals surface area contributed by atoms with Crippen molar-refractivity contribution < 1.29 is 13.6 Å². The molecule has 0 bridgehead atoms. The lowest BCUT2D eigenvalue weighted by Crippen LogP contribution is -2.38. The quantitative estimate of drug-likeness (QED) is 0.297. The van der Waals surface area contributed by atoms with Gasteiger partial charge in [-0.05, 0) is 91.8 Å². The van der Waals surface area contributed by atoms with Gasteiger partial charge < -0.3 is 13.6 Å². The van der Waals surface area contributed by atoms with Gasteiger partial charge in [-0.15, -0.1) is 0 Å². The van der Waals surface area contributed by atoms with Gasteiger partial charge >= 0.3 is 8.60 Å². The largest absolute Gasteiger partial charge is 0.333 e. The summed E-state index contributed by atoms with van der Waals surface area (Å²) in [5.74, 6) is 5.97. The van der Waals surface area contributed by atoms with Crippen LogP contribution in [-0.4, -0.2) is 18.3 Å². The molecule has 4 heteroatoms. The first-order valence-electron chi connectivity index (χ1n) is 14.8. The van der Waals surface area contributed by atoms with E-state index >= 15 is 0 Å². The number of hydrogen-bond acceptors (Lipinski definition) is 3. The van der Waals surface area contributed by atoms with Gasteiger partial charge in [-0.25, -0.2) is 0 Å². The van der Waals surface area contributed by atoms with Crippen LogP contribution in [0.15, 0.2) is 0 Å². The monoisotopic (exact) mass is 496 g/mol. The first kappa shape index (κ1) is 28.9. The van der Waals surface area contributed by atoms with Crippen LogP contribution in [0.25, 0.3) is 0 Å². The predicted molar refractivity (Wildman–Crippen MR) is 146 cm³/mol. The molecule has 0 aliphatic heterocycles. The van der Waals surface area contributed by atoms with Crippen LogP contribution < -0.4 is 0 Å². The average Bonchev–Trinajstić information content (AvgIpc) is 2.73. The summed E-state index contributed by atoms with van der Waals surface area (Å²) in [6, 6.07) is 0. The smallest absolute Gasteiger partial charge is 0.309 e. The minimum atomic E-state index is -1.34. The lowest BCUT2D eigenvalue weighted by molar-refractivity contribution is -0.0377. The van der Waals surface area contributed by atoms with E-state index in [0.717, 1.165) is 37.0 Å². The third-order valence-electron chi connectivity index (χ3n) is 9.55. The second-order valence-electron chi connectivity index (χ2n) is 13.6. The minimum absolute atomic E-state index is 0.270. The Morgan fingerprint density at radius 2 is 0.735 bits per heavy atom. The molecule has 0 saturated heterocycles. The summed E-state index contributed by atoms with van der Waals surface area (Å²) in [5.41, 5.74) is 0. The van der Waals surface area contributed by atoms with E-state index in [1.54, 1.807) is 0 Å². The molecule has 0 heterocycles. The van der Waals surface area contributed by atoms with E-state index in [9.17, 15) is 0 Å². The van der Waals surface area contributed by atoms with Gasteiger partial charge in [0.25, 0.3) is 0 Å². The Labute approximate surface area is 213 Å². The van der Waals surface area contributed by atoms with Crippen molar-refractivity contribution in [3.63, 3.8) is 0 Å². The van der Waals surface area contributed by atoms with Gasteiger partial charge in [-0.2, -0.15) is 0 Å². The van der Waals surface area contributed by atoms with Gasteiger partial charge in [0.2, 0.25) is 0 Å². The zero-order chi connectivity index (χ0) is 25.0. The maximum absolute atomic E-state index is 6.99. The van der Waals surface area contributed by atoms with E-state index in [1.807, 2.05) is 0 Å². The molecule has 3 aliphatic rings. The lowest BCUT2D eigenvalue weighted by atomic mass is 9.75. The topological polar surface area (TPSA) is 27.7 Å². The fraction of sp³-hybridized carbons (Fsp3) is 1.00. The van der Waals surface area contributed by atoms with Gasteiger partial charge in [-0.1, -0.05) is 81.6 Å². The number of rotatable bonds is 9. The molecule has 0 aromatic rings. The zero-order valence-corrected chi connectivity index (χ0v) is 24.9. The van der Waals surface area contributed by atoms with E-state index in [2.05, 4.69) is 62.3 Å². The molecule has 0 spiro atoms.